The Morgan fingerprint density at radius 1 is 1.22 bits per heavy atom. The molecule has 0 radical (unpaired) electrons. The number of nitrogens with zero attached hydrogens (tertiary/aromatic N) is 4. The SMILES string of the molecule is COc1ccc(-c2cnc3c(Nc4ccc(C(=O)OC(CN)CN(C)C)c(C)c4)nccn23)cc1F. The van der Waals surface area contributed by atoms with E-state index in [9.17, 15) is 9.18 Å². The zero-order chi connectivity index (χ0) is 25.8. The molecule has 36 heavy (non-hydrogen) atoms. The number of aromatic nitrogens is 3. The highest BCUT2D eigenvalue weighted by Gasteiger charge is 2.18. The van der Waals surface area contributed by atoms with Gasteiger partial charge >= 0.3 is 5.97 Å². The lowest BCUT2D eigenvalue weighted by Crippen LogP contribution is -2.36. The smallest absolute Gasteiger partial charge is 0.338 e. The number of halogens is 1. The van der Waals surface area contributed by atoms with Crippen molar-refractivity contribution in [1.82, 2.24) is 19.3 Å². The van der Waals surface area contributed by atoms with Gasteiger partial charge in [-0.3, -0.25) is 4.40 Å². The molecule has 0 aliphatic heterocycles. The monoisotopic (exact) mass is 492 g/mol. The summed E-state index contributed by atoms with van der Waals surface area (Å²) in [4.78, 5) is 23.5. The number of esters is 1. The molecule has 0 fully saturated rings. The van der Waals surface area contributed by atoms with Crippen LogP contribution in [0.1, 0.15) is 15.9 Å². The van der Waals surface area contributed by atoms with Gasteiger partial charge in [-0.25, -0.2) is 19.2 Å². The van der Waals surface area contributed by atoms with E-state index in [-0.39, 0.29) is 18.4 Å². The fraction of sp³-hybridized carbons (Fsp3) is 0.269. The fourth-order valence-corrected chi connectivity index (χ4v) is 3.94. The van der Waals surface area contributed by atoms with Crippen molar-refractivity contribution in [2.75, 3.05) is 39.6 Å². The van der Waals surface area contributed by atoms with Crippen LogP contribution in [0.2, 0.25) is 0 Å². The van der Waals surface area contributed by atoms with Gasteiger partial charge in [-0.2, -0.15) is 0 Å². The zero-order valence-corrected chi connectivity index (χ0v) is 20.7. The van der Waals surface area contributed by atoms with E-state index in [1.807, 2.05) is 36.4 Å². The van der Waals surface area contributed by atoms with Gasteiger partial charge in [-0.1, -0.05) is 0 Å². The Morgan fingerprint density at radius 2 is 2.03 bits per heavy atom. The van der Waals surface area contributed by atoms with Gasteiger partial charge in [0.15, 0.2) is 23.0 Å². The summed E-state index contributed by atoms with van der Waals surface area (Å²) in [5, 5.41) is 3.26. The molecule has 1 atom stereocenters. The molecule has 0 saturated carbocycles. The highest BCUT2D eigenvalue weighted by atomic mass is 19.1. The number of carbonyl (C=O) groups is 1. The maximum atomic E-state index is 14.3. The maximum Gasteiger partial charge on any atom is 0.338 e. The normalized spacial score (nSPS) is 12.1. The molecular weight excluding hydrogens is 463 g/mol. The first-order chi connectivity index (χ1) is 17.3. The second kappa shape index (κ2) is 10.7. The molecule has 2 aromatic heterocycles. The Labute approximate surface area is 208 Å². The number of hydrogen-bond donors (Lipinski definition) is 2. The summed E-state index contributed by atoms with van der Waals surface area (Å²) in [6.45, 7) is 2.63. The van der Waals surface area contributed by atoms with Crippen molar-refractivity contribution in [3.63, 3.8) is 0 Å². The number of likely N-dealkylation sites (N-methyl/N-ethyl adjacent to an activating group) is 1. The van der Waals surface area contributed by atoms with Crippen LogP contribution in [0.25, 0.3) is 16.9 Å². The van der Waals surface area contributed by atoms with E-state index in [0.29, 0.717) is 34.8 Å². The molecule has 0 amide bonds. The Morgan fingerprint density at radius 3 is 2.69 bits per heavy atom. The van der Waals surface area contributed by atoms with Crippen LogP contribution in [0.15, 0.2) is 55.0 Å². The summed E-state index contributed by atoms with van der Waals surface area (Å²) in [5.41, 5.74) is 9.62. The van der Waals surface area contributed by atoms with Crippen LogP contribution in [-0.4, -0.2) is 65.6 Å². The fourth-order valence-electron chi connectivity index (χ4n) is 3.94. The van der Waals surface area contributed by atoms with E-state index in [2.05, 4.69) is 15.3 Å². The Hall–Kier alpha value is -4.02. The third-order valence-electron chi connectivity index (χ3n) is 5.69. The Balaban J connectivity index is 1.56. The molecule has 3 N–H and O–H groups in total. The number of carbonyl (C=O) groups excluding carboxylic acids is 1. The standard InChI is InChI=1S/C26H29FN6O3/c1-16-11-18(6-7-20(16)26(34)36-19(13-28)15-32(2)3)31-24-25-30-14-22(33(25)10-9-29-24)17-5-8-23(35-4)21(27)12-17/h5-12,14,19H,13,15,28H2,1-4H3,(H,29,31). The first-order valence-electron chi connectivity index (χ1n) is 11.4. The molecule has 0 saturated heterocycles. The third kappa shape index (κ3) is 5.29. The van der Waals surface area contributed by atoms with Gasteiger partial charge in [0.25, 0.3) is 0 Å². The molecule has 2 heterocycles. The topological polar surface area (TPSA) is 107 Å². The van der Waals surface area contributed by atoms with Crippen LogP contribution in [0.5, 0.6) is 5.75 Å². The van der Waals surface area contributed by atoms with Crippen LogP contribution in [0.3, 0.4) is 0 Å². The van der Waals surface area contributed by atoms with E-state index in [1.54, 1.807) is 42.9 Å². The Bertz CT molecular complexity index is 1390. The maximum absolute atomic E-state index is 14.3. The molecule has 10 heteroatoms. The summed E-state index contributed by atoms with van der Waals surface area (Å²) in [5.74, 6) is -0.177. The highest BCUT2D eigenvalue weighted by Crippen LogP contribution is 2.28. The van der Waals surface area contributed by atoms with Crippen molar-refractivity contribution in [3.8, 4) is 17.0 Å². The lowest BCUT2D eigenvalue weighted by Gasteiger charge is -2.20. The van der Waals surface area contributed by atoms with Crippen molar-refractivity contribution < 1.29 is 18.7 Å². The van der Waals surface area contributed by atoms with E-state index in [1.165, 1.54) is 13.2 Å². The quantitative estimate of drug-likeness (QED) is 0.341. The van der Waals surface area contributed by atoms with Gasteiger partial charge in [-0.05, 0) is 63.0 Å². The van der Waals surface area contributed by atoms with Crippen molar-refractivity contribution >= 4 is 23.1 Å². The minimum atomic E-state index is -0.453. The van der Waals surface area contributed by atoms with Crippen molar-refractivity contribution in [1.29, 1.82) is 0 Å². The minimum Gasteiger partial charge on any atom is -0.494 e. The number of fused-ring (bicyclic) bond motifs is 1. The Kier molecular flexibility index (Phi) is 7.47. The average Bonchev–Trinajstić information content (AvgIpc) is 3.28. The number of methoxy groups -OCH3 is 1. The number of ether oxygens (including phenoxy) is 2. The molecule has 4 aromatic rings. The van der Waals surface area contributed by atoms with Crippen molar-refractivity contribution in [2.45, 2.75) is 13.0 Å². The van der Waals surface area contributed by atoms with Crippen LogP contribution in [0.4, 0.5) is 15.9 Å². The number of anilines is 2. The van der Waals surface area contributed by atoms with Crippen LogP contribution < -0.4 is 15.8 Å². The summed E-state index contributed by atoms with van der Waals surface area (Å²) in [6, 6.07) is 10.1. The van der Waals surface area contributed by atoms with Crippen molar-refractivity contribution in [3.05, 3.63) is 71.9 Å². The van der Waals surface area contributed by atoms with Crippen LogP contribution in [-0.2, 0) is 4.74 Å². The highest BCUT2D eigenvalue weighted by molar-refractivity contribution is 5.92. The summed E-state index contributed by atoms with van der Waals surface area (Å²) in [6.07, 6.45) is 4.67. The summed E-state index contributed by atoms with van der Waals surface area (Å²) >= 11 is 0. The first-order valence-corrected chi connectivity index (χ1v) is 11.4. The van der Waals surface area contributed by atoms with E-state index < -0.39 is 11.8 Å². The molecular formula is C26H29FN6O3. The molecule has 4 rings (SSSR count). The third-order valence-corrected chi connectivity index (χ3v) is 5.69. The largest absolute Gasteiger partial charge is 0.494 e. The molecule has 0 aliphatic carbocycles. The molecule has 0 spiro atoms. The zero-order valence-electron chi connectivity index (χ0n) is 20.7. The van der Waals surface area contributed by atoms with E-state index in [4.69, 9.17) is 15.2 Å². The number of benzene rings is 2. The second-order valence-electron chi connectivity index (χ2n) is 8.64. The average molecular weight is 493 g/mol. The predicted octanol–water partition coefficient (Wildman–Crippen LogP) is 3.64. The van der Waals surface area contributed by atoms with Crippen LogP contribution >= 0.6 is 0 Å². The lowest BCUT2D eigenvalue weighted by atomic mass is 10.1. The predicted molar refractivity (Wildman–Crippen MR) is 136 cm³/mol. The lowest BCUT2D eigenvalue weighted by molar-refractivity contribution is 0.0264. The van der Waals surface area contributed by atoms with Crippen LogP contribution in [0, 0.1) is 12.7 Å². The van der Waals surface area contributed by atoms with E-state index >= 15 is 0 Å². The number of imidazole rings is 1. The first kappa shape index (κ1) is 25.1. The van der Waals surface area contributed by atoms with Gasteiger partial charge < -0.3 is 25.4 Å². The molecule has 0 bridgehead atoms. The van der Waals surface area contributed by atoms with E-state index in [0.717, 1.165) is 11.3 Å². The molecule has 2 aromatic carbocycles. The van der Waals surface area contributed by atoms with Gasteiger partial charge in [0.2, 0.25) is 0 Å². The number of rotatable bonds is 9. The molecule has 188 valence electrons. The molecule has 9 nitrogen and oxygen atoms in total. The summed E-state index contributed by atoms with van der Waals surface area (Å²) < 4.78 is 26.7. The number of aryl methyl sites for hydroxylation is 1. The number of nitrogens with two attached hydrogens (primary N) is 1. The van der Waals surface area contributed by atoms with Gasteiger partial charge in [-0.15, -0.1) is 0 Å². The molecule has 1 unspecified atom stereocenters. The summed E-state index contributed by atoms with van der Waals surface area (Å²) in [7, 11) is 5.22. The van der Waals surface area contributed by atoms with Gasteiger partial charge in [0.05, 0.1) is 24.6 Å². The van der Waals surface area contributed by atoms with Gasteiger partial charge in [0, 0.05) is 36.7 Å². The minimum absolute atomic E-state index is 0.176. The number of hydrogen-bond acceptors (Lipinski definition) is 8. The van der Waals surface area contributed by atoms with Gasteiger partial charge in [0.1, 0.15) is 6.10 Å². The van der Waals surface area contributed by atoms with Crippen molar-refractivity contribution in [2.24, 2.45) is 5.73 Å². The molecule has 0 aliphatic rings. The number of nitrogens with one attached hydrogen (secondary N) is 1. The second-order valence-corrected chi connectivity index (χ2v) is 8.64.